The molecule has 106 valence electrons. The van der Waals surface area contributed by atoms with Gasteiger partial charge in [-0.05, 0) is 46.8 Å². The van der Waals surface area contributed by atoms with Crippen LogP contribution in [-0.4, -0.2) is 20.2 Å². The largest absolute Gasteiger partial charge is 0.399 e. The molecule has 0 radical (unpaired) electrons. The molecule has 0 unspecified atom stereocenters. The van der Waals surface area contributed by atoms with Crippen molar-refractivity contribution in [3.8, 4) is 17.1 Å². The molecule has 0 bridgehead atoms. The Labute approximate surface area is 124 Å². The van der Waals surface area contributed by atoms with Crippen LogP contribution >= 0.6 is 11.6 Å². The van der Waals surface area contributed by atoms with Gasteiger partial charge in [-0.3, -0.25) is 0 Å². The second kappa shape index (κ2) is 5.02. The number of hydrogen-bond donors (Lipinski definition) is 2. The molecule has 0 aliphatic rings. The third kappa shape index (κ3) is 2.50. The van der Waals surface area contributed by atoms with E-state index < -0.39 is 5.82 Å². The summed E-state index contributed by atoms with van der Waals surface area (Å²) in [6, 6.07) is 9.05. The quantitative estimate of drug-likeness (QED) is 0.708. The highest BCUT2D eigenvalue weighted by Crippen LogP contribution is 2.26. The summed E-state index contributed by atoms with van der Waals surface area (Å²) < 4.78 is 15.2. The molecular formula is C13H10ClFN6. The first-order chi connectivity index (χ1) is 10.0. The molecule has 0 aliphatic carbocycles. The SMILES string of the molecule is Nc1cc(N)cc(-c2nnnn2-c2cc(Cl)ccc2F)c1. The van der Waals surface area contributed by atoms with Crippen LogP contribution in [0.3, 0.4) is 0 Å². The lowest BCUT2D eigenvalue weighted by atomic mass is 10.1. The normalized spacial score (nSPS) is 10.8. The van der Waals surface area contributed by atoms with Crippen LogP contribution in [0.15, 0.2) is 36.4 Å². The van der Waals surface area contributed by atoms with Crippen molar-refractivity contribution in [2.24, 2.45) is 0 Å². The minimum atomic E-state index is -0.496. The highest BCUT2D eigenvalue weighted by molar-refractivity contribution is 6.30. The van der Waals surface area contributed by atoms with E-state index in [-0.39, 0.29) is 5.69 Å². The fraction of sp³-hybridized carbons (Fsp3) is 0. The van der Waals surface area contributed by atoms with Crippen LogP contribution in [0.1, 0.15) is 0 Å². The Morgan fingerprint density at radius 3 is 2.48 bits per heavy atom. The molecular weight excluding hydrogens is 295 g/mol. The van der Waals surface area contributed by atoms with Gasteiger partial charge in [-0.25, -0.2) is 4.39 Å². The number of benzene rings is 2. The van der Waals surface area contributed by atoms with E-state index >= 15 is 0 Å². The Morgan fingerprint density at radius 1 is 1.05 bits per heavy atom. The average molecular weight is 305 g/mol. The molecule has 21 heavy (non-hydrogen) atoms. The van der Waals surface area contributed by atoms with Crippen LogP contribution in [0.25, 0.3) is 17.1 Å². The van der Waals surface area contributed by atoms with Gasteiger partial charge in [0.05, 0.1) is 0 Å². The predicted octanol–water partition coefficient (Wildman–Crippen LogP) is 2.29. The third-order valence-corrected chi connectivity index (χ3v) is 3.08. The Kier molecular flexibility index (Phi) is 3.19. The number of halogens is 2. The summed E-state index contributed by atoms with van der Waals surface area (Å²) in [4.78, 5) is 0. The van der Waals surface area contributed by atoms with Crippen molar-refractivity contribution in [1.29, 1.82) is 0 Å². The number of hydrogen-bond acceptors (Lipinski definition) is 5. The fourth-order valence-corrected chi connectivity index (χ4v) is 2.15. The van der Waals surface area contributed by atoms with E-state index in [4.69, 9.17) is 23.1 Å². The van der Waals surface area contributed by atoms with Gasteiger partial charge >= 0.3 is 0 Å². The number of nitrogens with two attached hydrogens (primary N) is 2. The first-order valence-electron chi connectivity index (χ1n) is 5.95. The summed E-state index contributed by atoms with van der Waals surface area (Å²) in [5.41, 5.74) is 13.2. The van der Waals surface area contributed by atoms with Gasteiger partial charge in [0.2, 0.25) is 0 Å². The lowest BCUT2D eigenvalue weighted by Crippen LogP contribution is -2.03. The monoisotopic (exact) mass is 304 g/mol. The molecule has 3 aromatic rings. The first-order valence-corrected chi connectivity index (χ1v) is 6.32. The number of nitrogen functional groups attached to an aromatic ring is 2. The molecule has 0 aliphatic heterocycles. The van der Waals surface area contributed by atoms with E-state index in [1.807, 2.05) is 0 Å². The Balaban J connectivity index is 2.19. The van der Waals surface area contributed by atoms with Gasteiger partial charge < -0.3 is 11.5 Å². The van der Waals surface area contributed by atoms with Crippen molar-refractivity contribution in [2.75, 3.05) is 11.5 Å². The molecule has 1 heterocycles. The van der Waals surface area contributed by atoms with Gasteiger partial charge in [0.15, 0.2) is 5.82 Å². The van der Waals surface area contributed by atoms with Gasteiger partial charge in [-0.2, -0.15) is 4.68 Å². The summed E-state index contributed by atoms with van der Waals surface area (Å²) >= 11 is 5.89. The van der Waals surface area contributed by atoms with E-state index in [9.17, 15) is 4.39 Å². The van der Waals surface area contributed by atoms with Crippen molar-refractivity contribution < 1.29 is 4.39 Å². The highest BCUT2D eigenvalue weighted by atomic mass is 35.5. The topological polar surface area (TPSA) is 95.6 Å². The smallest absolute Gasteiger partial charge is 0.187 e. The zero-order valence-electron chi connectivity index (χ0n) is 10.7. The first kappa shape index (κ1) is 13.3. The standard InChI is InChI=1S/C13H10ClFN6/c14-8-1-2-11(15)12(5-8)21-13(18-19-20-21)7-3-9(16)6-10(17)4-7/h1-6H,16-17H2. The van der Waals surface area contributed by atoms with E-state index in [1.54, 1.807) is 18.2 Å². The molecule has 0 saturated heterocycles. The summed E-state index contributed by atoms with van der Waals surface area (Å²) in [6.45, 7) is 0. The molecule has 0 saturated carbocycles. The fourth-order valence-electron chi connectivity index (χ4n) is 1.98. The van der Waals surface area contributed by atoms with Crippen molar-refractivity contribution in [3.05, 3.63) is 47.2 Å². The average Bonchev–Trinajstić information content (AvgIpc) is 2.89. The summed E-state index contributed by atoms with van der Waals surface area (Å²) in [6.07, 6.45) is 0. The van der Waals surface area contributed by atoms with E-state index in [1.165, 1.54) is 22.9 Å². The number of tetrazole rings is 1. The maximum absolute atomic E-state index is 14.0. The van der Waals surface area contributed by atoms with E-state index in [2.05, 4.69) is 15.5 Å². The van der Waals surface area contributed by atoms with Crippen molar-refractivity contribution in [3.63, 3.8) is 0 Å². The Bertz CT molecular complexity index is 796. The van der Waals surface area contributed by atoms with Crippen LogP contribution in [0.5, 0.6) is 0 Å². The number of aromatic nitrogens is 4. The molecule has 0 amide bonds. The minimum Gasteiger partial charge on any atom is -0.399 e. The van der Waals surface area contributed by atoms with Crippen molar-refractivity contribution in [2.45, 2.75) is 0 Å². The Morgan fingerprint density at radius 2 is 1.76 bits per heavy atom. The summed E-state index contributed by atoms with van der Waals surface area (Å²) in [5, 5.41) is 11.6. The van der Waals surface area contributed by atoms with Crippen LogP contribution in [0.4, 0.5) is 15.8 Å². The van der Waals surface area contributed by atoms with E-state index in [0.29, 0.717) is 27.8 Å². The number of nitrogens with zero attached hydrogens (tertiary/aromatic N) is 4. The molecule has 0 spiro atoms. The molecule has 2 aromatic carbocycles. The second-order valence-corrected chi connectivity index (χ2v) is 4.83. The van der Waals surface area contributed by atoms with Crippen LogP contribution in [0, 0.1) is 5.82 Å². The lowest BCUT2D eigenvalue weighted by Gasteiger charge is -2.07. The van der Waals surface area contributed by atoms with E-state index in [0.717, 1.165) is 0 Å². The molecule has 0 fully saturated rings. The zero-order chi connectivity index (χ0) is 15.0. The van der Waals surface area contributed by atoms with Crippen LogP contribution in [-0.2, 0) is 0 Å². The Hall–Kier alpha value is -2.67. The summed E-state index contributed by atoms with van der Waals surface area (Å²) in [7, 11) is 0. The molecule has 6 nitrogen and oxygen atoms in total. The molecule has 8 heteroatoms. The second-order valence-electron chi connectivity index (χ2n) is 4.40. The lowest BCUT2D eigenvalue weighted by molar-refractivity contribution is 0.608. The van der Waals surface area contributed by atoms with Crippen LogP contribution < -0.4 is 11.5 Å². The van der Waals surface area contributed by atoms with Gasteiger partial charge in [0.1, 0.15) is 11.5 Å². The van der Waals surface area contributed by atoms with Gasteiger partial charge in [0, 0.05) is 22.0 Å². The molecule has 4 N–H and O–H groups in total. The van der Waals surface area contributed by atoms with Crippen LogP contribution in [0.2, 0.25) is 5.02 Å². The number of rotatable bonds is 2. The minimum absolute atomic E-state index is 0.142. The molecule has 0 atom stereocenters. The van der Waals surface area contributed by atoms with Gasteiger partial charge in [0.25, 0.3) is 0 Å². The maximum Gasteiger partial charge on any atom is 0.187 e. The van der Waals surface area contributed by atoms with Crippen molar-refractivity contribution in [1.82, 2.24) is 20.2 Å². The molecule has 1 aromatic heterocycles. The maximum atomic E-state index is 14.0. The van der Waals surface area contributed by atoms with Crippen molar-refractivity contribution >= 4 is 23.0 Å². The third-order valence-electron chi connectivity index (χ3n) is 2.84. The number of anilines is 2. The molecule has 3 rings (SSSR count). The zero-order valence-corrected chi connectivity index (χ0v) is 11.4. The predicted molar refractivity (Wildman–Crippen MR) is 78.4 cm³/mol. The van der Waals surface area contributed by atoms with Gasteiger partial charge in [-0.1, -0.05) is 11.6 Å². The highest BCUT2D eigenvalue weighted by Gasteiger charge is 2.15. The van der Waals surface area contributed by atoms with Gasteiger partial charge in [-0.15, -0.1) is 5.10 Å². The summed E-state index contributed by atoms with van der Waals surface area (Å²) in [5.74, 6) is -0.181.